The summed E-state index contributed by atoms with van der Waals surface area (Å²) >= 11 is 6.35. The molecule has 2 aromatic rings. The summed E-state index contributed by atoms with van der Waals surface area (Å²) in [5, 5.41) is 17.9. The molecule has 1 heterocycles. The summed E-state index contributed by atoms with van der Waals surface area (Å²) in [6.45, 7) is 5.66. The Bertz CT molecular complexity index is 1470. The molecule has 5 rings (SSSR count). The molecule has 4 N–H and O–H groups in total. The van der Waals surface area contributed by atoms with Gasteiger partial charge in [-0.15, -0.1) is 0 Å². The first-order valence-corrected chi connectivity index (χ1v) is 16.7. The van der Waals surface area contributed by atoms with Crippen LogP contribution in [0.5, 0.6) is 5.75 Å². The Balaban J connectivity index is 1.34. The number of nitrogens with two attached hydrogens (primary N) is 1. The molecule has 5 atom stereocenters. The number of ether oxygens (including phenoxy) is 1. The van der Waals surface area contributed by atoms with Gasteiger partial charge in [-0.25, -0.2) is 18.4 Å². The molecule has 3 aliphatic rings. The molecular formula is C31H40ClN3O6S. The summed E-state index contributed by atoms with van der Waals surface area (Å²) in [5.74, 6) is -0.303. The number of fused-ring (bicyclic) bond motifs is 3. The Kier molecular flexibility index (Phi) is 8.79. The third kappa shape index (κ3) is 6.40. The van der Waals surface area contributed by atoms with E-state index in [1.54, 1.807) is 25.1 Å². The first-order valence-electron chi connectivity index (χ1n) is 14.7. The Morgan fingerprint density at radius 3 is 2.64 bits per heavy atom. The number of hydrogen-bond acceptors (Lipinski definition) is 6. The summed E-state index contributed by atoms with van der Waals surface area (Å²) < 4.78 is 29.8. The predicted molar refractivity (Wildman–Crippen MR) is 163 cm³/mol. The normalized spacial score (nSPS) is 24.8. The van der Waals surface area contributed by atoms with Crippen LogP contribution in [0, 0.1) is 17.8 Å². The lowest BCUT2D eigenvalue weighted by molar-refractivity contribution is -0.122. The van der Waals surface area contributed by atoms with Crippen LogP contribution in [0.15, 0.2) is 36.4 Å². The molecule has 1 aliphatic heterocycles. The summed E-state index contributed by atoms with van der Waals surface area (Å²) in [5.41, 5.74) is 3.23. The zero-order valence-corrected chi connectivity index (χ0v) is 25.7. The molecular weight excluding hydrogens is 578 g/mol. The smallest absolute Gasteiger partial charge is 0.335 e. The van der Waals surface area contributed by atoms with Crippen LogP contribution in [-0.4, -0.2) is 56.9 Å². The largest absolute Gasteiger partial charge is 0.490 e. The fourth-order valence-corrected chi connectivity index (χ4v) is 7.72. The van der Waals surface area contributed by atoms with Crippen molar-refractivity contribution in [3.8, 4) is 5.75 Å². The van der Waals surface area contributed by atoms with Crippen molar-refractivity contribution in [1.29, 1.82) is 0 Å². The SMILES string of the molecule is C[C@@H](CC(=O)NC[C@@H]1CC[C@H]1CN1C[C@@]2(CCCc3cc(Cl)ccc32)COc2ccc(C(=O)O)cc21)[C@H](C)S(N)(=O)=O. The fraction of sp³-hybridized carbons (Fsp3) is 0.548. The van der Waals surface area contributed by atoms with Crippen LogP contribution < -0.4 is 20.1 Å². The van der Waals surface area contributed by atoms with Gasteiger partial charge in [-0.2, -0.15) is 0 Å². The zero-order chi connectivity index (χ0) is 30.2. The number of carboxylic acids is 1. The van der Waals surface area contributed by atoms with Crippen molar-refractivity contribution in [2.24, 2.45) is 22.9 Å². The maximum atomic E-state index is 12.6. The molecule has 2 aliphatic carbocycles. The Morgan fingerprint density at radius 1 is 1.19 bits per heavy atom. The molecule has 1 fully saturated rings. The average Bonchev–Trinajstić information content (AvgIpc) is 3.07. The monoisotopic (exact) mass is 617 g/mol. The Labute approximate surface area is 252 Å². The van der Waals surface area contributed by atoms with Gasteiger partial charge in [-0.3, -0.25) is 4.79 Å². The molecule has 9 nitrogen and oxygen atoms in total. The van der Waals surface area contributed by atoms with Crippen molar-refractivity contribution in [2.75, 3.05) is 31.1 Å². The highest BCUT2D eigenvalue weighted by Crippen LogP contribution is 2.46. The van der Waals surface area contributed by atoms with Crippen molar-refractivity contribution in [2.45, 2.75) is 63.0 Å². The standard InChI is InChI=1S/C31H40ClN3O6S/c1-19(20(2)42(33,39)40)12-29(36)34-15-23-5-6-24(23)16-35-17-31(11-3-4-21-13-25(32)8-9-26(21)31)18-41-28-10-7-22(30(37)38)14-27(28)35/h7-10,13-14,19-20,23-24H,3-6,11-12,15-18H2,1-2H3,(H,34,36)(H,37,38)(H2,33,39,40)/t19-,20-,23-,24-,31-/m0/s1. The van der Waals surface area contributed by atoms with Crippen molar-refractivity contribution in [3.05, 3.63) is 58.1 Å². The fourth-order valence-electron chi connectivity index (χ4n) is 6.78. The molecule has 11 heteroatoms. The van der Waals surface area contributed by atoms with E-state index < -0.39 is 27.2 Å². The number of carbonyl (C=O) groups is 2. The minimum absolute atomic E-state index is 0.0930. The highest BCUT2D eigenvalue weighted by Gasteiger charge is 2.43. The minimum Gasteiger partial charge on any atom is -0.490 e. The number of carboxylic acid groups (broad SMARTS) is 1. The van der Waals surface area contributed by atoms with Gasteiger partial charge in [0, 0.05) is 36.5 Å². The summed E-state index contributed by atoms with van der Waals surface area (Å²) in [7, 11) is -3.71. The van der Waals surface area contributed by atoms with E-state index in [1.807, 2.05) is 6.07 Å². The number of primary sulfonamides is 1. The number of aromatic carboxylic acids is 1. The van der Waals surface area contributed by atoms with E-state index in [1.165, 1.54) is 18.1 Å². The summed E-state index contributed by atoms with van der Waals surface area (Å²) in [6, 6.07) is 11.2. The van der Waals surface area contributed by atoms with Crippen molar-refractivity contribution in [3.63, 3.8) is 0 Å². The van der Waals surface area contributed by atoms with Crippen LogP contribution in [0.1, 0.15) is 67.4 Å². The number of benzene rings is 2. The summed E-state index contributed by atoms with van der Waals surface area (Å²) in [6.07, 6.45) is 5.01. The highest BCUT2D eigenvalue weighted by molar-refractivity contribution is 7.89. The molecule has 42 heavy (non-hydrogen) atoms. The van der Waals surface area contributed by atoms with Crippen molar-refractivity contribution >= 4 is 39.2 Å². The van der Waals surface area contributed by atoms with Crippen molar-refractivity contribution in [1.82, 2.24) is 5.32 Å². The van der Waals surface area contributed by atoms with Gasteiger partial charge in [0.25, 0.3) is 0 Å². The van der Waals surface area contributed by atoms with Gasteiger partial charge in [0.1, 0.15) is 5.75 Å². The van der Waals surface area contributed by atoms with E-state index in [0.717, 1.165) is 42.8 Å². The molecule has 0 saturated heterocycles. The number of amides is 1. The lowest BCUT2D eigenvalue weighted by Gasteiger charge is -2.44. The quantitative estimate of drug-likeness (QED) is 0.380. The maximum absolute atomic E-state index is 12.6. The van der Waals surface area contributed by atoms with Gasteiger partial charge in [0.05, 0.1) is 23.1 Å². The van der Waals surface area contributed by atoms with Gasteiger partial charge in [-0.05, 0) is 98.2 Å². The number of aryl methyl sites for hydroxylation is 1. The van der Waals surface area contributed by atoms with Crippen LogP contribution >= 0.6 is 11.6 Å². The van der Waals surface area contributed by atoms with Crippen LogP contribution in [0.3, 0.4) is 0 Å². The number of nitrogens with zero attached hydrogens (tertiary/aromatic N) is 1. The molecule has 0 radical (unpaired) electrons. The van der Waals surface area contributed by atoms with E-state index in [2.05, 4.69) is 22.3 Å². The van der Waals surface area contributed by atoms with Crippen LogP contribution in [-0.2, 0) is 26.7 Å². The second-order valence-corrected chi connectivity index (χ2v) is 14.8. The predicted octanol–water partition coefficient (Wildman–Crippen LogP) is 4.36. The zero-order valence-electron chi connectivity index (χ0n) is 24.1. The molecule has 0 unspecified atom stereocenters. The average molecular weight is 618 g/mol. The van der Waals surface area contributed by atoms with Crippen LogP contribution in [0.4, 0.5) is 5.69 Å². The van der Waals surface area contributed by atoms with E-state index in [4.69, 9.17) is 21.5 Å². The second-order valence-electron chi connectivity index (χ2n) is 12.5. The minimum atomic E-state index is -3.71. The van der Waals surface area contributed by atoms with Crippen LogP contribution in [0.25, 0.3) is 0 Å². The number of sulfonamides is 1. The Hall–Kier alpha value is -2.82. The first-order chi connectivity index (χ1) is 19.9. The van der Waals surface area contributed by atoms with Gasteiger partial charge in [0.15, 0.2) is 0 Å². The van der Waals surface area contributed by atoms with Crippen LogP contribution in [0.2, 0.25) is 5.02 Å². The number of carbonyl (C=O) groups excluding carboxylic acids is 1. The van der Waals surface area contributed by atoms with E-state index in [0.29, 0.717) is 37.9 Å². The molecule has 0 bridgehead atoms. The molecule has 0 aromatic heterocycles. The molecule has 1 spiro atoms. The van der Waals surface area contributed by atoms with E-state index >= 15 is 0 Å². The molecule has 1 amide bonds. The Morgan fingerprint density at radius 2 is 1.95 bits per heavy atom. The molecule has 1 saturated carbocycles. The summed E-state index contributed by atoms with van der Waals surface area (Å²) in [4.78, 5) is 26.8. The topological polar surface area (TPSA) is 139 Å². The number of rotatable bonds is 9. The molecule has 2 aromatic carbocycles. The highest BCUT2D eigenvalue weighted by atomic mass is 35.5. The third-order valence-electron chi connectivity index (χ3n) is 9.70. The second kappa shape index (κ2) is 12.1. The lowest BCUT2D eigenvalue weighted by atomic mass is 9.69. The van der Waals surface area contributed by atoms with Crippen molar-refractivity contribution < 1.29 is 27.9 Å². The number of nitrogens with one attached hydrogen (secondary N) is 1. The third-order valence-corrected chi connectivity index (χ3v) is 11.4. The maximum Gasteiger partial charge on any atom is 0.335 e. The van der Waals surface area contributed by atoms with E-state index in [-0.39, 0.29) is 29.2 Å². The van der Waals surface area contributed by atoms with E-state index in [9.17, 15) is 23.1 Å². The van der Waals surface area contributed by atoms with Gasteiger partial charge >= 0.3 is 5.97 Å². The number of anilines is 1. The lowest BCUT2D eigenvalue weighted by Crippen LogP contribution is -2.49. The van der Waals surface area contributed by atoms with Gasteiger partial charge in [0.2, 0.25) is 15.9 Å². The number of halogens is 1. The first kappa shape index (κ1) is 30.6. The van der Waals surface area contributed by atoms with Gasteiger partial charge in [-0.1, -0.05) is 24.6 Å². The molecule has 228 valence electrons. The van der Waals surface area contributed by atoms with Gasteiger partial charge < -0.3 is 20.1 Å². The number of hydrogen-bond donors (Lipinski definition) is 3.